The molecule has 0 aliphatic heterocycles. The monoisotopic (exact) mass is 347 g/mol. The van der Waals surface area contributed by atoms with Crippen LogP contribution in [0.3, 0.4) is 0 Å². The summed E-state index contributed by atoms with van der Waals surface area (Å²) in [6.07, 6.45) is 8.57. The highest BCUT2D eigenvalue weighted by molar-refractivity contribution is 5.94. The number of aryl methyl sites for hydroxylation is 1. The van der Waals surface area contributed by atoms with Gasteiger partial charge >= 0.3 is 0 Å². The molecule has 3 aromatic rings. The molecule has 0 radical (unpaired) electrons. The third-order valence-electron chi connectivity index (χ3n) is 3.87. The molecule has 6 nitrogen and oxygen atoms in total. The molecule has 6 heteroatoms. The lowest BCUT2D eigenvalue weighted by atomic mass is 10.2. The molecule has 0 fully saturated rings. The Balaban J connectivity index is 1.41. The van der Waals surface area contributed by atoms with Gasteiger partial charge in [0.05, 0.1) is 5.56 Å². The number of anilines is 1. The molecule has 0 aliphatic rings. The van der Waals surface area contributed by atoms with Crippen molar-refractivity contribution in [3.05, 3.63) is 84.1 Å². The molecule has 3 heterocycles. The van der Waals surface area contributed by atoms with Crippen molar-refractivity contribution in [2.45, 2.75) is 19.4 Å². The summed E-state index contributed by atoms with van der Waals surface area (Å²) >= 11 is 0. The van der Waals surface area contributed by atoms with Gasteiger partial charge in [0.2, 0.25) is 0 Å². The summed E-state index contributed by atoms with van der Waals surface area (Å²) in [5.74, 6) is 0.618. The molecule has 0 saturated carbocycles. The molecule has 0 saturated heterocycles. The summed E-state index contributed by atoms with van der Waals surface area (Å²) in [5, 5.41) is 6.13. The summed E-state index contributed by atoms with van der Waals surface area (Å²) in [7, 11) is 0. The number of nitrogens with one attached hydrogen (secondary N) is 2. The number of nitrogens with zero attached hydrogens (tertiary/aromatic N) is 3. The molecule has 26 heavy (non-hydrogen) atoms. The van der Waals surface area contributed by atoms with Crippen molar-refractivity contribution in [3.63, 3.8) is 0 Å². The van der Waals surface area contributed by atoms with E-state index in [2.05, 4.69) is 25.6 Å². The minimum Gasteiger partial charge on any atom is -0.366 e. The van der Waals surface area contributed by atoms with Gasteiger partial charge in [0.1, 0.15) is 5.82 Å². The Morgan fingerprint density at radius 2 is 1.85 bits per heavy atom. The largest absolute Gasteiger partial charge is 0.366 e. The number of aromatic nitrogens is 3. The molecular formula is C20H21N5O. The smallest absolute Gasteiger partial charge is 0.252 e. The van der Waals surface area contributed by atoms with Gasteiger partial charge in [-0.05, 0) is 54.8 Å². The molecule has 0 aliphatic carbocycles. The first-order valence-electron chi connectivity index (χ1n) is 8.58. The van der Waals surface area contributed by atoms with Crippen LogP contribution in [0.5, 0.6) is 0 Å². The third-order valence-corrected chi connectivity index (χ3v) is 3.87. The van der Waals surface area contributed by atoms with Crippen molar-refractivity contribution in [2.24, 2.45) is 0 Å². The maximum absolute atomic E-state index is 12.2. The van der Waals surface area contributed by atoms with Crippen LogP contribution in [0.4, 0.5) is 5.82 Å². The lowest BCUT2D eigenvalue weighted by molar-refractivity contribution is 0.0953. The Kier molecular flexibility index (Phi) is 6.25. The quantitative estimate of drug-likeness (QED) is 0.613. The van der Waals surface area contributed by atoms with Crippen molar-refractivity contribution in [3.8, 4) is 0 Å². The fourth-order valence-corrected chi connectivity index (χ4v) is 2.45. The Morgan fingerprint density at radius 3 is 2.58 bits per heavy atom. The predicted octanol–water partition coefficient (Wildman–Crippen LogP) is 2.85. The van der Waals surface area contributed by atoms with E-state index in [0.717, 1.165) is 29.9 Å². The fourth-order valence-electron chi connectivity index (χ4n) is 2.45. The highest BCUT2D eigenvalue weighted by Crippen LogP contribution is 2.07. The van der Waals surface area contributed by atoms with Crippen molar-refractivity contribution in [2.75, 3.05) is 11.9 Å². The molecule has 0 atom stereocenters. The molecule has 0 spiro atoms. The summed E-state index contributed by atoms with van der Waals surface area (Å²) < 4.78 is 0. The summed E-state index contributed by atoms with van der Waals surface area (Å²) in [6.45, 7) is 1.27. The van der Waals surface area contributed by atoms with E-state index in [0.29, 0.717) is 18.7 Å². The van der Waals surface area contributed by atoms with Crippen LogP contribution in [0.25, 0.3) is 0 Å². The van der Waals surface area contributed by atoms with Crippen LogP contribution in [-0.2, 0) is 13.0 Å². The van der Waals surface area contributed by atoms with E-state index in [1.54, 1.807) is 30.9 Å². The molecular weight excluding hydrogens is 326 g/mol. The first kappa shape index (κ1) is 17.5. The van der Waals surface area contributed by atoms with Crippen molar-refractivity contribution in [1.82, 2.24) is 20.3 Å². The van der Waals surface area contributed by atoms with Crippen LogP contribution in [0.1, 0.15) is 28.0 Å². The Labute approximate surface area is 152 Å². The molecule has 0 unspecified atom stereocenters. The first-order chi connectivity index (χ1) is 12.8. The average Bonchev–Trinajstić information content (AvgIpc) is 2.71. The highest BCUT2D eigenvalue weighted by Gasteiger charge is 2.05. The van der Waals surface area contributed by atoms with E-state index in [9.17, 15) is 4.79 Å². The Bertz CT molecular complexity index is 807. The van der Waals surface area contributed by atoms with E-state index in [-0.39, 0.29) is 5.91 Å². The SMILES string of the molecule is O=C(NCCCc1ccccn1)c1ccc(NCc2ccncc2)nc1. The molecule has 3 aromatic heterocycles. The number of hydrogen-bond acceptors (Lipinski definition) is 5. The van der Waals surface area contributed by atoms with Gasteiger partial charge in [-0.1, -0.05) is 6.07 Å². The average molecular weight is 347 g/mol. The number of carbonyl (C=O) groups is 1. The van der Waals surface area contributed by atoms with Gasteiger partial charge in [0, 0.05) is 43.6 Å². The highest BCUT2D eigenvalue weighted by atomic mass is 16.1. The van der Waals surface area contributed by atoms with Gasteiger partial charge in [-0.15, -0.1) is 0 Å². The minimum atomic E-state index is -0.112. The zero-order valence-electron chi connectivity index (χ0n) is 14.4. The van der Waals surface area contributed by atoms with Gasteiger partial charge in [-0.3, -0.25) is 14.8 Å². The molecule has 132 valence electrons. The van der Waals surface area contributed by atoms with E-state index < -0.39 is 0 Å². The lowest BCUT2D eigenvalue weighted by Gasteiger charge is -2.07. The first-order valence-corrected chi connectivity index (χ1v) is 8.58. The van der Waals surface area contributed by atoms with Crippen molar-refractivity contribution < 1.29 is 4.79 Å². The van der Waals surface area contributed by atoms with Gasteiger partial charge in [0.15, 0.2) is 0 Å². The van der Waals surface area contributed by atoms with Crippen LogP contribution < -0.4 is 10.6 Å². The van der Waals surface area contributed by atoms with Crippen molar-refractivity contribution >= 4 is 11.7 Å². The number of pyridine rings is 3. The van der Waals surface area contributed by atoms with Crippen LogP contribution >= 0.6 is 0 Å². The Hall–Kier alpha value is -3.28. The van der Waals surface area contributed by atoms with Gasteiger partial charge in [0.25, 0.3) is 5.91 Å². The van der Waals surface area contributed by atoms with Crippen molar-refractivity contribution in [1.29, 1.82) is 0 Å². The zero-order valence-corrected chi connectivity index (χ0v) is 14.4. The maximum atomic E-state index is 12.2. The fraction of sp³-hybridized carbons (Fsp3) is 0.200. The second kappa shape index (κ2) is 9.27. The normalized spacial score (nSPS) is 10.3. The van der Waals surface area contributed by atoms with E-state index >= 15 is 0 Å². The van der Waals surface area contributed by atoms with Crippen LogP contribution in [-0.4, -0.2) is 27.4 Å². The van der Waals surface area contributed by atoms with E-state index in [1.165, 1.54) is 0 Å². The number of amides is 1. The summed E-state index contributed by atoms with van der Waals surface area (Å²) in [6, 6.07) is 13.3. The number of carbonyl (C=O) groups excluding carboxylic acids is 1. The molecule has 3 rings (SSSR count). The van der Waals surface area contributed by atoms with E-state index in [1.807, 2.05) is 36.4 Å². The zero-order chi connectivity index (χ0) is 18.0. The van der Waals surface area contributed by atoms with Crippen LogP contribution in [0.15, 0.2) is 67.3 Å². The van der Waals surface area contributed by atoms with Gasteiger partial charge in [-0.25, -0.2) is 4.98 Å². The topological polar surface area (TPSA) is 79.8 Å². The second-order valence-corrected chi connectivity index (χ2v) is 5.82. The van der Waals surface area contributed by atoms with Gasteiger partial charge < -0.3 is 10.6 Å². The predicted molar refractivity (Wildman–Crippen MR) is 101 cm³/mol. The van der Waals surface area contributed by atoms with Gasteiger partial charge in [-0.2, -0.15) is 0 Å². The molecule has 0 aromatic carbocycles. The molecule has 1 amide bonds. The van der Waals surface area contributed by atoms with Crippen LogP contribution in [0, 0.1) is 0 Å². The standard InChI is InChI=1S/C20H21N5O/c26-20(23-11-3-5-18-4-1-2-10-22-18)17-6-7-19(25-15-17)24-14-16-8-12-21-13-9-16/h1-2,4,6-10,12-13,15H,3,5,11,14H2,(H,23,26)(H,24,25). The third kappa shape index (κ3) is 5.37. The van der Waals surface area contributed by atoms with E-state index in [4.69, 9.17) is 0 Å². The molecule has 0 bridgehead atoms. The maximum Gasteiger partial charge on any atom is 0.252 e. The lowest BCUT2D eigenvalue weighted by Crippen LogP contribution is -2.25. The summed E-state index contributed by atoms with van der Waals surface area (Å²) in [4.78, 5) is 24.7. The minimum absolute atomic E-state index is 0.112. The Morgan fingerprint density at radius 1 is 0.962 bits per heavy atom. The second-order valence-electron chi connectivity index (χ2n) is 5.82. The summed E-state index contributed by atoms with van der Waals surface area (Å²) in [5.41, 5.74) is 2.71. The number of rotatable bonds is 8. The number of hydrogen-bond donors (Lipinski definition) is 2. The molecule has 2 N–H and O–H groups in total. The van der Waals surface area contributed by atoms with Crippen LogP contribution in [0.2, 0.25) is 0 Å².